The Kier molecular flexibility index (Phi) is 2.83. The van der Waals surface area contributed by atoms with E-state index >= 15 is 0 Å². The standard InChI is InChI=1S/C14H20O/c1-14(2)9-4-7-11-5-3-6-12(8-10-15)13(11)14/h3,5-6,15H,4,7-10H2,1-2H3. The number of hydrogen-bond acceptors (Lipinski definition) is 1. The number of hydrogen-bond donors (Lipinski definition) is 1. The summed E-state index contributed by atoms with van der Waals surface area (Å²) in [7, 11) is 0. The van der Waals surface area contributed by atoms with Crippen LogP contribution in [0, 0.1) is 0 Å². The number of aliphatic hydroxyl groups excluding tert-OH is 1. The van der Waals surface area contributed by atoms with Crippen molar-refractivity contribution in [2.45, 2.75) is 44.9 Å². The minimum absolute atomic E-state index is 0.256. The molecule has 1 aliphatic rings. The van der Waals surface area contributed by atoms with Crippen molar-refractivity contribution in [3.63, 3.8) is 0 Å². The van der Waals surface area contributed by atoms with Gasteiger partial charge in [-0.25, -0.2) is 0 Å². The molecule has 1 aromatic carbocycles. The Morgan fingerprint density at radius 3 is 2.87 bits per heavy atom. The molecule has 1 heteroatoms. The molecule has 0 bridgehead atoms. The Morgan fingerprint density at radius 2 is 2.13 bits per heavy atom. The molecule has 0 spiro atoms. The summed E-state index contributed by atoms with van der Waals surface area (Å²) in [5.41, 5.74) is 4.64. The zero-order chi connectivity index (χ0) is 10.9. The van der Waals surface area contributed by atoms with E-state index in [1.54, 1.807) is 0 Å². The topological polar surface area (TPSA) is 20.2 Å². The molecular formula is C14H20O. The van der Waals surface area contributed by atoms with Gasteiger partial charge >= 0.3 is 0 Å². The molecule has 1 aliphatic carbocycles. The third-order valence-electron chi connectivity index (χ3n) is 3.54. The lowest BCUT2D eigenvalue weighted by Gasteiger charge is -2.34. The van der Waals surface area contributed by atoms with E-state index in [0.717, 1.165) is 6.42 Å². The fourth-order valence-electron chi connectivity index (χ4n) is 2.91. The molecule has 0 saturated carbocycles. The molecule has 0 atom stereocenters. The Labute approximate surface area is 92.1 Å². The average Bonchev–Trinajstić information content (AvgIpc) is 2.17. The van der Waals surface area contributed by atoms with Crippen molar-refractivity contribution in [3.8, 4) is 0 Å². The van der Waals surface area contributed by atoms with E-state index in [9.17, 15) is 0 Å². The summed E-state index contributed by atoms with van der Waals surface area (Å²) in [6.45, 7) is 4.91. The number of fused-ring (bicyclic) bond motifs is 1. The largest absolute Gasteiger partial charge is 0.396 e. The van der Waals surface area contributed by atoms with Crippen LogP contribution in [-0.2, 0) is 18.3 Å². The van der Waals surface area contributed by atoms with Gasteiger partial charge in [-0.2, -0.15) is 0 Å². The monoisotopic (exact) mass is 204 g/mol. The molecule has 0 amide bonds. The van der Waals surface area contributed by atoms with Crippen molar-refractivity contribution in [1.29, 1.82) is 0 Å². The minimum atomic E-state index is 0.256. The zero-order valence-corrected chi connectivity index (χ0v) is 9.71. The minimum Gasteiger partial charge on any atom is -0.396 e. The van der Waals surface area contributed by atoms with Gasteiger partial charge in [0.05, 0.1) is 0 Å². The summed E-state index contributed by atoms with van der Waals surface area (Å²) in [4.78, 5) is 0. The summed E-state index contributed by atoms with van der Waals surface area (Å²) in [6, 6.07) is 6.55. The van der Waals surface area contributed by atoms with E-state index in [2.05, 4.69) is 32.0 Å². The summed E-state index contributed by atoms with van der Waals surface area (Å²) < 4.78 is 0. The van der Waals surface area contributed by atoms with Crippen LogP contribution in [0.25, 0.3) is 0 Å². The van der Waals surface area contributed by atoms with E-state index < -0.39 is 0 Å². The van der Waals surface area contributed by atoms with E-state index in [0.29, 0.717) is 5.41 Å². The first-order valence-corrected chi connectivity index (χ1v) is 5.87. The molecule has 2 rings (SSSR count). The molecule has 0 fully saturated rings. The van der Waals surface area contributed by atoms with E-state index in [1.807, 2.05) is 0 Å². The van der Waals surface area contributed by atoms with Crippen LogP contribution < -0.4 is 0 Å². The Hall–Kier alpha value is -0.820. The summed E-state index contributed by atoms with van der Waals surface area (Å²) in [6.07, 6.45) is 4.57. The van der Waals surface area contributed by atoms with Crippen molar-refractivity contribution < 1.29 is 5.11 Å². The van der Waals surface area contributed by atoms with Crippen LogP contribution in [0.1, 0.15) is 43.4 Å². The number of rotatable bonds is 2. The smallest absolute Gasteiger partial charge is 0.0471 e. The first kappa shape index (κ1) is 10.7. The van der Waals surface area contributed by atoms with Crippen LogP contribution in [0.5, 0.6) is 0 Å². The van der Waals surface area contributed by atoms with E-state index in [1.165, 1.54) is 36.0 Å². The lowest BCUT2D eigenvalue weighted by Crippen LogP contribution is -2.26. The molecule has 0 heterocycles. The molecule has 0 aromatic heterocycles. The maximum Gasteiger partial charge on any atom is 0.0471 e. The van der Waals surface area contributed by atoms with E-state index in [-0.39, 0.29) is 6.61 Å². The van der Waals surface area contributed by atoms with Gasteiger partial charge in [0.25, 0.3) is 0 Å². The molecule has 0 radical (unpaired) electrons. The highest BCUT2D eigenvalue weighted by molar-refractivity contribution is 5.42. The molecule has 82 valence electrons. The number of aryl methyl sites for hydroxylation is 1. The van der Waals surface area contributed by atoms with Gasteiger partial charge < -0.3 is 5.11 Å². The van der Waals surface area contributed by atoms with Gasteiger partial charge in [-0.15, -0.1) is 0 Å². The van der Waals surface area contributed by atoms with Gasteiger partial charge in [0.1, 0.15) is 0 Å². The summed E-state index contributed by atoms with van der Waals surface area (Å²) >= 11 is 0. The zero-order valence-electron chi connectivity index (χ0n) is 9.71. The van der Waals surface area contributed by atoms with Crippen molar-refractivity contribution in [1.82, 2.24) is 0 Å². The predicted molar refractivity (Wildman–Crippen MR) is 63.2 cm³/mol. The molecule has 0 unspecified atom stereocenters. The quantitative estimate of drug-likeness (QED) is 0.785. The second kappa shape index (κ2) is 3.97. The molecule has 1 nitrogen and oxygen atoms in total. The van der Waals surface area contributed by atoms with Gasteiger partial charge in [-0.1, -0.05) is 32.0 Å². The first-order valence-electron chi connectivity index (χ1n) is 5.87. The van der Waals surface area contributed by atoms with Gasteiger partial charge in [0.2, 0.25) is 0 Å². The van der Waals surface area contributed by atoms with Crippen LogP contribution in [0.15, 0.2) is 18.2 Å². The second-order valence-corrected chi connectivity index (χ2v) is 5.16. The highest BCUT2D eigenvalue weighted by Crippen LogP contribution is 2.38. The van der Waals surface area contributed by atoms with Crippen molar-refractivity contribution >= 4 is 0 Å². The number of benzene rings is 1. The van der Waals surface area contributed by atoms with Crippen LogP contribution in [0.4, 0.5) is 0 Å². The second-order valence-electron chi connectivity index (χ2n) is 5.16. The summed E-state index contributed by atoms with van der Waals surface area (Å²) in [5.74, 6) is 0. The predicted octanol–water partition coefficient (Wildman–Crippen LogP) is 2.84. The van der Waals surface area contributed by atoms with Crippen molar-refractivity contribution in [2.75, 3.05) is 6.61 Å². The Balaban J connectivity index is 2.50. The molecular weight excluding hydrogens is 184 g/mol. The molecule has 0 saturated heterocycles. The van der Waals surface area contributed by atoms with E-state index in [4.69, 9.17) is 5.11 Å². The first-order chi connectivity index (χ1) is 7.15. The highest BCUT2D eigenvalue weighted by atomic mass is 16.2. The van der Waals surface area contributed by atoms with Gasteiger partial charge in [-0.3, -0.25) is 0 Å². The lowest BCUT2D eigenvalue weighted by molar-refractivity contribution is 0.297. The van der Waals surface area contributed by atoms with Crippen LogP contribution in [0.3, 0.4) is 0 Å². The molecule has 0 aliphatic heterocycles. The van der Waals surface area contributed by atoms with Crippen LogP contribution in [-0.4, -0.2) is 11.7 Å². The maximum atomic E-state index is 9.09. The maximum absolute atomic E-state index is 9.09. The Bertz CT molecular complexity index is 352. The normalized spacial score (nSPS) is 18.6. The average molecular weight is 204 g/mol. The lowest BCUT2D eigenvalue weighted by atomic mass is 9.70. The fraction of sp³-hybridized carbons (Fsp3) is 0.571. The third-order valence-corrected chi connectivity index (χ3v) is 3.54. The Morgan fingerprint density at radius 1 is 1.33 bits per heavy atom. The van der Waals surface area contributed by atoms with Crippen molar-refractivity contribution in [3.05, 3.63) is 34.9 Å². The molecule has 1 aromatic rings. The fourth-order valence-corrected chi connectivity index (χ4v) is 2.91. The van der Waals surface area contributed by atoms with Crippen LogP contribution in [0.2, 0.25) is 0 Å². The SMILES string of the molecule is CC1(C)CCCc2cccc(CCO)c21. The number of aliphatic hydroxyl groups is 1. The van der Waals surface area contributed by atoms with Gasteiger partial charge in [0, 0.05) is 6.61 Å². The molecule has 1 N–H and O–H groups in total. The van der Waals surface area contributed by atoms with Gasteiger partial charge in [-0.05, 0) is 47.8 Å². The third kappa shape index (κ3) is 1.93. The van der Waals surface area contributed by atoms with Crippen LogP contribution >= 0.6 is 0 Å². The molecule has 15 heavy (non-hydrogen) atoms. The summed E-state index contributed by atoms with van der Waals surface area (Å²) in [5, 5.41) is 9.09. The van der Waals surface area contributed by atoms with Gasteiger partial charge in [0.15, 0.2) is 0 Å². The highest BCUT2D eigenvalue weighted by Gasteiger charge is 2.29. The van der Waals surface area contributed by atoms with Crippen molar-refractivity contribution in [2.24, 2.45) is 0 Å².